The van der Waals surface area contributed by atoms with Crippen molar-refractivity contribution in [3.63, 3.8) is 0 Å². The zero-order valence-corrected chi connectivity index (χ0v) is 19.6. The minimum absolute atomic E-state index is 0.218. The van der Waals surface area contributed by atoms with Gasteiger partial charge in [0.2, 0.25) is 0 Å². The summed E-state index contributed by atoms with van der Waals surface area (Å²) in [6.07, 6.45) is 1.77. The number of aromatic nitrogens is 1. The SMILES string of the molecule is COC(=O)c1ccccc1-c1ccc(C2C(c3ccccn3)NC(=S)N2c2ccc(C)cc2)o1. The number of carbonyl (C=O) groups is 1. The molecular formula is C27H23N3O3S. The Morgan fingerprint density at radius 2 is 1.79 bits per heavy atom. The first-order chi connectivity index (χ1) is 16.6. The molecular weight excluding hydrogens is 446 g/mol. The lowest BCUT2D eigenvalue weighted by molar-refractivity contribution is 0.0601. The van der Waals surface area contributed by atoms with Crippen LogP contribution >= 0.6 is 12.2 Å². The van der Waals surface area contributed by atoms with Crippen molar-refractivity contribution in [1.82, 2.24) is 10.3 Å². The van der Waals surface area contributed by atoms with E-state index in [0.29, 0.717) is 27.8 Å². The van der Waals surface area contributed by atoms with E-state index >= 15 is 0 Å². The summed E-state index contributed by atoms with van der Waals surface area (Å²) >= 11 is 5.76. The summed E-state index contributed by atoms with van der Waals surface area (Å²) in [5, 5.41) is 4.03. The van der Waals surface area contributed by atoms with Crippen molar-refractivity contribution in [1.29, 1.82) is 0 Å². The maximum Gasteiger partial charge on any atom is 0.338 e. The molecule has 3 heterocycles. The molecule has 7 heteroatoms. The van der Waals surface area contributed by atoms with E-state index in [1.165, 1.54) is 12.7 Å². The Morgan fingerprint density at radius 1 is 1.03 bits per heavy atom. The molecule has 0 spiro atoms. The Hall–Kier alpha value is -3.97. The van der Waals surface area contributed by atoms with Crippen LogP contribution in [0.1, 0.15) is 39.5 Å². The highest BCUT2D eigenvalue weighted by atomic mass is 32.1. The van der Waals surface area contributed by atoms with Gasteiger partial charge in [0, 0.05) is 17.4 Å². The number of rotatable bonds is 5. The number of furan rings is 1. The maximum absolute atomic E-state index is 12.3. The molecule has 1 fully saturated rings. The lowest BCUT2D eigenvalue weighted by atomic mass is 10.0. The highest BCUT2D eigenvalue weighted by molar-refractivity contribution is 7.80. The van der Waals surface area contributed by atoms with Crippen molar-refractivity contribution in [2.24, 2.45) is 0 Å². The Bertz CT molecular complexity index is 1330. The van der Waals surface area contributed by atoms with E-state index in [9.17, 15) is 4.79 Å². The number of carbonyl (C=O) groups excluding carboxylic acids is 1. The number of anilines is 1. The Labute approximate surface area is 203 Å². The van der Waals surface area contributed by atoms with Gasteiger partial charge in [-0.3, -0.25) is 4.98 Å². The smallest absolute Gasteiger partial charge is 0.338 e. The summed E-state index contributed by atoms with van der Waals surface area (Å²) < 4.78 is 11.3. The van der Waals surface area contributed by atoms with Crippen molar-refractivity contribution in [2.75, 3.05) is 12.0 Å². The van der Waals surface area contributed by atoms with Gasteiger partial charge in [-0.15, -0.1) is 0 Å². The quantitative estimate of drug-likeness (QED) is 0.301. The average Bonchev–Trinajstić information content (AvgIpc) is 3.49. The van der Waals surface area contributed by atoms with Crippen molar-refractivity contribution in [3.8, 4) is 11.3 Å². The molecule has 1 N–H and O–H groups in total. The van der Waals surface area contributed by atoms with Crippen LogP contribution < -0.4 is 10.2 Å². The zero-order chi connectivity index (χ0) is 23.7. The molecule has 0 bridgehead atoms. The van der Waals surface area contributed by atoms with Gasteiger partial charge in [-0.05, 0) is 61.6 Å². The number of esters is 1. The van der Waals surface area contributed by atoms with Crippen LogP contribution in [0.15, 0.2) is 89.5 Å². The number of thiocarbonyl (C=S) groups is 1. The molecule has 1 saturated heterocycles. The molecule has 2 aromatic carbocycles. The number of nitrogens with zero attached hydrogens (tertiary/aromatic N) is 2. The molecule has 0 saturated carbocycles. The number of benzene rings is 2. The molecule has 6 nitrogen and oxygen atoms in total. The Kier molecular flexibility index (Phi) is 5.86. The first-order valence-corrected chi connectivity index (χ1v) is 11.3. The normalized spacial score (nSPS) is 17.5. The lowest BCUT2D eigenvalue weighted by Crippen LogP contribution is -2.29. The van der Waals surface area contributed by atoms with Gasteiger partial charge in [0.05, 0.1) is 24.4 Å². The molecule has 1 aliphatic heterocycles. The first kappa shape index (κ1) is 21.9. The molecule has 5 rings (SSSR count). The van der Waals surface area contributed by atoms with Gasteiger partial charge in [0.25, 0.3) is 0 Å². The van der Waals surface area contributed by atoms with Crippen LogP contribution in [-0.4, -0.2) is 23.2 Å². The molecule has 0 amide bonds. The Morgan fingerprint density at radius 3 is 2.53 bits per heavy atom. The van der Waals surface area contributed by atoms with Gasteiger partial charge >= 0.3 is 5.97 Å². The van der Waals surface area contributed by atoms with E-state index in [0.717, 1.165) is 11.4 Å². The molecule has 2 atom stereocenters. The fourth-order valence-electron chi connectivity index (χ4n) is 4.27. The number of hydrogen-bond acceptors (Lipinski definition) is 5. The van der Waals surface area contributed by atoms with Gasteiger partial charge in [-0.2, -0.15) is 0 Å². The Balaban J connectivity index is 1.60. The summed E-state index contributed by atoms with van der Waals surface area (Å²) in [5.74, 6) is 0.876. The monoisotopic (exact) mass is 469 g/mol. The van der Waals surface area contributed by atoms with E-state index in [1.807, 2.05) is 54.6 Å². The van der Waals surface area contributed by atoms with Gasteiger partial charge in [0.15, 0.2) is 5.11 Å². The van der Waals surface area contributed by atoms with Crippen molar-refractivity contribution in [2.45, 2.75) is 19.0 Å². The minimum Gasteiger partial charge on any atom is -0.465 e. The third-order valence-electron chi connectivity index (χ3n) is 5.93. The molecule has 170 valence electrons. The molecule has 0 aliphatic carbocycles. The fourth-order valence-corrected chi connectivity index (χ4v) is 4.62. The first-order valence-electron chi connectivity index (χ1n) is 10.9. The van der Waals surface area contributed by atoms with Gasteiger partial charge in [-0.1, -0.05) is 42.0 Å². The van der Waals surface area contributed by atoms with Crippen molar-refractivity contribution in [3.05, 3.63) is 108 Å². The summed E-state index contributed by atoms with van der Waals surface area (Å²) in [7, 11) is 1.37. The summed E-state index contributed by atoms with van der Waals surface area (Å²) in [4.78, 5) is 18.9. The number of ether oxygens (including phenoxy) is 1. The number of pyridine rings is 1. The molecule has 1 aliphatic rings. The molecule has 34 heavy (non-hydrogen) atoms. The second-order valence-electron chi connectivity index (χ2n) is 8.07. The third kappa shape index (κ3) is 3.95. The van der Waals surface area contributed by atoms with Crippen LogP contribution in [0.5, 0.6) is 0 Å². The van der Waals surface area contributed by atoms with Crippen LogP contribution in [0.25, 0.3) is 11.3 Å². The number of nitrogens with one attached hydrogen (secondary N) is 1. The minimum atomic E-state index is -0.412. The second-order valence-corrected chi connectivity index (χ2v) is 8.46. The highest BCUT2D eigenvalue weighted by Crippen LogP contribution is 2.43. The van der Waals surface area contributed by atoms with Gasteiger partial charge in [-0.25, -0.2) is 4.79 Å². The lowest BCUT2D eigenvalue weighted by Gasteiger charge is -2.26. The van der Waals surface area contributed by atoms with Crippen molar-refractivity contribution >= 4 is 29.0 Å². The van der Waals surface area contributed by atoms with Gasteiger partial charge in [0.1, 0.15) is 17.6 Å². The van der Waals surface area contributed by atoms with Crippen LogP contribution in [0, 0.1) is 6.92 Å². The fraction of sp³-hybridized carbons (Fsp3) is 0.148. The summed E-state index contributed by atoms with van der Waals surface area (Å²) in [6.45, 7) is 2.05. The molecule has 2 aromatic heterocycles. The maximum atomic E-state index is 12.3. The second kappa shape index (κ2) is 9.11. The average molecular weight is 470 g/mol. The van der Waals surface area contributed by atoms with E-state index < -0.39 is 5.97 Å². The predicted molar refractivity (Wildman–Crippen MR) is 135 cm³/mol. The standard InChI is InChI=1S/C27H23N3O3S/c1-17-10-12-18(13-11-17)30-25(24(29-27(30)34)21-9-5-6-16-28-21)23-15-14-22(33-23)19-7-3-4-8-20(19)26(31)32-2/h3-16,24-25H,1-2H3,(H,29,34). The van der Waals surface area contributed by atoms with Crippen LogP contribution in [0.2, 0.25) is 0 Å². The topological polar surface area (TPSA) is 67.6 Å². The molecule has 2 unspecified atom stereocenters. The predicted octanol–water partition coefficient (Wildman–Crippen LogP) is 5.61. The molecule has 0 radical (unpaired) electrons. The number of hydrogen-bond donors (Lipinski definition) is 1. The number of methoxy groups -OCH3 is 1. The van der Waals surface area contributed by atoms with Crippen LogP contribution in [-0.2, 0) is 4.74 Å². The summed E-state index contributed by atoms with van der Waals surface area (Å²) in [6, 6.07) is 24.6. The van der Waals surface area contributed by atoms with E-state index in [2.05, 4.69) is 34.3 Å². The van der Waals surface area contributed by atoms with Gasteiger partial charge < -0.3 is 19.4 Å². The summed E-state index contributed by atoms with van der Waals surface area (Å²) in [5.41, 5.74) is 4.10. The largest absolute Gasteiger partial charge is 0.465 e. The highest BCUT2D eigenvalue weighted by Gasteiger charge is 2.42. The molecule has 4 aromatic rings. The van der Waals surface area contributed by atoms with E-state index in [4.69, 9.17) is 21.4 Å². The van der Waals surface area contributed by atoms with Crippen LogP contribution in [0.4, 0.5) is 5.69 Å². The van der Waals surface area contributed by atoms with Crippen LogP contribution in [0.3, 0.4) is 0 Å². The van der Waals surface area contributed by atoms with E-state index in [-0.39, 0.29) is 12.1 Å². The zero-order valence-electron chi connectivity index (χ0n) is 18.8. The van der Waals surface area contributed by atoms with Crippen molar-refractivity contribution < 1.29 is 13.9 Å². The van der Waals surface area contributed by atoms with E-state index in [1.54, 1.807) is 18.3 Å². The number of aryl methyl sites for hydroxylation is 1. The third-order valence-corrected chi connectivity index (χ3v) is 6.24.